The van der Waals surface area contributed by atoms with Gasteiger partial charge in [-0.25, -0.2) is 4.79 Å². The van der Waals surface area contributed by atoms with Crippen molar-refractivity contribution in [3.63, 3.8) is 0 Å². The van der Waals surface area contributed by atoms with E-state index in [4.69, 9.17) is 16.3 Å². The Morgan fingerprint density at radius 1 is 1.14 bits per heavy atom. The van der Waals surface area contributed by atoms with Gasteiger partial charge < -0.3 is 14.8 Å². The first kappa shape index (κ1) is 15.9. The Bertz CT molecular complexity index is 673. The van der Waals surface area contributed by atoms with E-state index in [1.807, 2.05) is 18.2 Å². The third kappa shape index (κ3) is 4.23. The van der Waals surface area contributed by atoms with Gasteiger partial charge in [-0.1, -0.05) is 29.8 Å². The van der Waals surface area contributed by atoms with Gasteiger partial charge in [-0.3, -0.25) is 4.79 Å². The van der Waals surface area contributed by atoms with Gasteiger partial charge in [0.2, 0.25) is 0 Å². The Balaban J connectivity index is 2.03. The highest BCUT2D eigenvalue weighted by molar-refractivity contribution is 6.31. The molecule has 0 unspecified atom stereocenters. The highest BCUT2D eigenvalue weighted by Crippen LogP contribution is 2.21. The Kier molecular flexibility index (Phi) is 5.38. The summed E-state index contributed by atoms with van der Waals surface area (Å²) >= 11 is 5.85. The molecule has 0 heterocycles. The number of carbonyl (C=O) groups is 2. The first-order valence-electron chi connectivity index (χ1n) is 6.45. The number of nitrogens with one attached hydrogen (secondary N) is 1. The topological polar surface area (TPSA) is 64.6 Å². The van der Waals surface area contributed by atoms with Crippen molar-refractivity contribution in [1.82, 2.24) is 0 Å². The number of ether oxygens (including phenoxy) is 2. The van der Waals surface area contributed by atoms with Crippen LogP contribution in [-0.4, -0.2) is 25.6 Å². The zero-order valence-electron chi connectivity index (χ0n) is 11.8. The lowest BCUT2D eigenvalue weighted by molar-refractivity contribution is -0.118. The largest absolute Gasteiger partial charge is 0.484 e. The minimum Gasteiger partial charge on any atom is -0.484 e. The minimum absolute atomic E-state index is 0.173. The molecule has 0 aromatic heterocycles. The van der Waals surface area contributed by atoms with Crippen LogP contribution < -0.4 is 10.1 Å². The number of hydrogen-bond acceptors (Lipinski definition) is 4. The van der Waals surface area contributed by atoms with Crippen molar-refractivity contribution in [3.05, 3.63) is 59.1 Å². The van der Waals surface area contributed by atoms with Gasteiger partial charge in [-0.05, 0) is 30.3 Å². The van der Waals surface area contributed by atoms with E-state index in [1.165, 1.54) is 19.2 Å². The molecule has 22 heavy (non-hydrogen) atoms. The highest BCUT2D eigenvalue weighted by atomic mass is 35.5. The number of rotatable bonds is 5. The van der Waals surface area contributed by atoms with Crippen LogP contribution in [0.4, 0.5) is 5.69 Å². The molecule has 1 N–H and O–H groups in total. The van der Waals surface area contributed by atoms with Crippen molar-refractivity contribution in [2.75, 3.05) is 19.0 Å². The van der Waals surface area contributed by atoms with Crippen molar-refractivity contribution < 1.29 is 19.1 Å². The summed E-state index contributed by atoms with van der Waals surface area (Å²) in [6.45, 7) is -0.173. The van der Waals surface area contributed by atoms with Gasteiger partial charge >= 0.3 is 5.97 Å². The van der Waals surface area contributed by atoms with E-state index in [1.54, 1.807) is 18.2 Å². The summed E-state index contributed by atoms with van der Waals surface area (Å²) in [5, 5.41) is 2.97. The predicted molar refractivity (Wildman–Crippen MR) is 83.4 cm³/mol. The Morgan fingerprint density at radius 3 is 2.55 bits per heavy atom. The van der Waals surface area contributed by atoms with Crippen molar-refractivity contribution in [3.8, 4) is 5.75 Å². The van der Waals surface area contributed by atoms with E-state index < -0.39 is 11.9 Å². The fraction of sp³-hybridized carbons (Fsp3) is 0.125. The number of para-hydroxylation sites is 1. The maximum Gasteiger partial charge on any atom is 0.340 e. The molecule has 0 saturated heterocycles. The van der Waals surface area contributed by atoms with E-state index in [-0.39, 0.29) is 12.2 Å². The number of carbonyl (C=O) groups excluding carboxylic acids is 2. The summed E-state index contributed by atoms with van der Waals surface area (Å²) in [7, 11) is 1.26. The van der Waals surface area contributed by atoms with E-state index in [2.05, 4.69) is 10.1 Å². The molecule has 0 aliphatic rings. The van der Waals surface area contributed by atoms with Crippen LogP contribution in [0, 0.1) is 0 Å². The fourth-order valence-corrected chi connectivity index (χ4v) is 1.93. The molecule has 0 bridgehead atoms. The number of hydrogen-bond donors (Lipinski definition) is 1. The third-order valence-corrected chi connectivity index (χ3v) is 3.01. The average Bonchev–Trinajstić information content (AvgIpc) is 2.55. The number of esters is 1. The quantitative estimate of drug-likeness (QED) is 0.860. The second-order valence-corrected chi connectivity index (χ2v) is 4.77. The summed E-state index contributed by atoms with van der Waals surface area (Å²) in [4.78, 5) is 23.6. The summed E-state index contributed by atoms with van der Waals surface area (Å²) < 4.78 is 10.00. The highest BCUT2D eigenvalue weighted by Gasteiger charge is 2.14. The maximum atomic E-state index is 11.9. The Morgan fingerprint density at radius 2 is 1.86 bits per heavy atom. The standard InChI is InChI=1S/C16H14ClNO4/c1-21-16(20)13-9-11(17)7-8-14(13)18-15(19)10-22-12-5-3-2-4-6-12/h2-9H,10H2,1H3,(H,18,19). The minimum atomic E-state index is -0.582. The number of benzene rings is 2. The van der Waals surface area contributed by atoms with Crippen molar-refractivity contribution in [2.24, 2.45) is 0 Å². The summed E-state index contributed by atoms with van der Waals surface area (Å²) in [5.41, 5.74) is 0.501. The lowest BCUT2D eigenvalue weighted by atomic mass is 10.2. The van der Waals surface area contributed by atoms with E-state index in [0.717, 1.165) is 0 Å². The summed E-state index contributed by atoms with van der Waals surface area (Å²) in [5.74, 6) is -0.389. The van der Waals surface area contributed by atoms with Gasteiger partial charge in [0.25, 0.3) is 5.91 Å². The molecule has 0 aliphatic carbocycles. The molecule has 0 saturated carbocycles. The van der Waals surface area contributed by atoms with Gasteiger partial charge in [-0.2, -0.15) is 0 Å². The van der Waals surface area contributed by atoms with Gasteiger partial charge in [0, 0.05) is 5.02 Å². The molecule has 2 aromatic rings. The van der Waals surface area contributed by atoms with Crippen LogP contribution >= 0.6 is 11.6 Å². The second kappa shape index (κ2) is 7.47. The van der Waals surface area contributed by atoms with Crippen LogP contribution in [0.1, 0.15) is 10.4 Å². The van der Waals surface area contributed by atoms with Crippen LogP contribution in [0.25, 0.3) is 0 Å². The van der Waals surface area contributed by atoms with Crippen molar-refractivity contribution in [1.29, 1.82) is 0 Å². The SMILES string of the molecule is COC(=O)c1cc(Cl)ccc1NC(=O)COc1ccccc1. The van der Waals surface area contributed by atoms with Crippen LogP contribution in [0.5, 0.6) is 5.75 Å². The first-order chi connectivity index (χ1) is 10.6. The van der Waals surface area contributed by atoms with Crippen LogP contribution in [0.3, 0.4) is 0 Å². The van der Waals surface area contributed by atoms with Crippen LogP contribution in [0.2, 0.25) is 5.02 Å². The molecule has 5 nitrogen and oxygen atoms in total. The van der Waals surface area contributed by atoms with Crippen LogP contribution in [-0.2, 0) is 9.53 Å². The molecule has 0 spiro atoms. The zero-order valence-corrected chi connectivity index (χ0v) is 12.6. The zero-order chi connectivity index (χ0) is 15.9. The molecule has 2 aromatic carbocycles. The van der Waals surface area contributed by atoms with Crippen molar-refractivity contribution in [2.45, 2.75) is 0 Å². The Hall–Kier alpha value is -2.53. The number of amides is 1. The molecule has 0 aliphatic heterocycles. The number of anilines is 1. The van der Waals surface area contributed by atoms with Gasteiger partial charge in [0.05, 0.1) is 18.4 Å². The van der Waals surface area contributed by atoms with Gasteiger partial charge in [0.1, 0.15) is 5.75 Å². The van der Waals surface area contributed by atoms with Crippen molar-refractivity contribution >= 4 is 29.2 Å². The molecule has 0 fully saturated rings. The monoisotopic (exact) mass is 319 g/mol. The molecule has 6 heteroatoms. The number of methoxy groups -OCH3 is 1. The molecule has 1 amide bonds. The molecule has 2 rings (SSSR count). The molecular weight excluding hydrogens is 306 g/mol. The van der Waals surface area contributed by atoms with E-state index in [9.17, 15) is 9.59 Å². The normalized spacial score (nSPS) is 9.91. The van der Waals surface area contributed by atoms with Gasteiger partial charge in [0.15, 0.2) is 6.61 Å². The molecule has 0 atom stereocenters. The number of halogens is 1. The molecule has 0 radical (unpaired) electrons. The van der Waals surface area contributed by atoms with E-state index in [0.29, 0.717) is 16.5 Å². The van der Waals surface area contributed by atoms with E-state index >= 15 is 0 Å². The fourth-order valence-electron chi connectivity index (χ4n) is 1.76. The summed E-state index contributed by atoms with van der Waals surface area (Å²) in [6.07, 6.45) is 0. The second-order valence-electron chi connectivity index (χ2n) is 4.33. The maximum absolute atomic E-state index is 11.9. The Labute approximate surface area is 132 Å². The molecular formula is C16H14ClNO4. The van der Waals surface area contributed by atoms with Crippen LogP contribution in [0.15, 0.2) is 48.5 Å². The first-order valence-corrected chi connectivity index (χ1v) is 6.83. The summed E-state index contributed by atoms with van der Waals surface area (Å²) in [6, 6.07) is 13.5. The average molecular weight is 320 g/mol. The smallest absolute Gasteiger partial charge is 0.340 e. The lowest BCUT2D eigenvalue weighted by Crippen LogP contribution is -2.21. The predicted octanol–water partition coefficient (Wildman–Crippen LogP) is 3.14. The third-order valence-electron chi connectivity index (χ3n) is 2.77. The molecule has 114 valence electrons. The lowest BCUT2D eigenvalue weighted by Gasteiger charge is -2.11. The van der Waals surface area contributed by atoms with Gasteiger partial charge in [-0.15, -0.1) is 0 Å².